The number of hydrogen-bond donors (Lipinski definition) is 0. The minimum atomic E-state index is 1.03. The van der Waals surface area contributed by atoms with Crippen LogP contribution in [0.2, 0.25) is 0 Å². The summed E-state index contributed by atoms with van der Waals surface area (Å²) in [6, 6.07) is 15.0. The van der Waals surface area contributed by atoms with E-state index in [2.05, 4.69) is 84.1 Å². The van der Waals surface area contributed by atoms with Gasteiger partial charge in [-0.2, -0.15) is 0 Å². The van der Waals surface area contributed by atoms with E-state index >= 15 is 0 Å². The van der Waals surface area contributed by atoms with Crippen LogP contribution in [0.4, 0.5) is 0 Å². The Hall–Kier alpha value is -0.860. The summed E-state index contributed by atoms with van der Waals surface area (Å²) in [4.78, 5) is 2.38. The van der Waals surface area contributed by atoms with Gasteiger partial charge in [0.05, 0.1) is 0 Å². The summed E-state index contributed by atoms with van der Waals surface area (Å²) in [5, 5.41) is 3.74. The van der Waals surface area contributed by atoms with Gasteiger partial charge < -0.3 is 4.90 Å². The normalized spacial score (nSPS) is 10.4. The number of rotatable bonds is 5. The molecule has 0 saturated carbocycles. The molecule has 20 heavy (non-hydrogen) atoms. The predicted molar refractivity (Wildman–Crippen MR) is 94.9 cm³/mol. The number of fused-ring (bicyclic) bond motifs is 1. The van der Waals surface area contributed by atoms with Crippen molar-refractivity contribution >= 4 is 26.7 Å². The minimum Gasteiger partial charge on any atom is -0.304 e. The molecule has 0 atom stereocenters. The first-order valence-electron chi connectivity index (χ1n) is 7.51. The van der Waals surface area contributed by atoms with E-state index in [-0.39, 0.29) is 0 Å². The van der Waals surface area contributed by atoms with E-state index in [1.54, 1.807) is 0 Å². The number of aryl methyl sites for hydroxylation is 1. The van der Waals surface area contributed by atoms with Gasteiger partial charge in [-0.3, -0.25) is 0 Å². The summed E-state index contributed by atoms with van der Waals surface area (Å²) >= 11 is 3.47. The Morgan fingerprint density at radius 1 is 0.850 bits per heavy atom. The molecule has 0 fully saturated rings. The second kappa shape index (κ2) is 9.95. The lowest BCUT2D eigenvalue weighted by Gasteiger charge is -2.13. The Bertz CT molecular complexity index is 481. The second-order valence-corrected chi connectivity index (χ2v) is 5.49. The molecule has 2 rings (SSSR count). The molecule has 0 amide bonds. The fourth-order valence-corrected chi connectivity index (χ4v) is 2.71. The highest BCUT2D eigenvalue weighted by molar-refractivity contribution is 9.09. The molecule has 0 N–H and O–H groups in total. The number of benzene rings is 2. The average molecular weight is 336 g/mol. The number of halogens is 1. The van der Waals surface area contributed by atoms with Crippen LogP contribution in [0.5, 0.6) is 0 Å². The van der Waals surface area contributed by atoms with Crippen LogP contribution in [-0.2, 0) is 6.42 Å². The van der Waals surface area contributed by atoms with E-state index in [9.17, 15) is 0 Å². The van der Waals surface area contributed by atoms with Gasteiger partial charge in [-0.05, 0) is 42.4 Å². The molecule has 0 heterocycles. The van der Waals surface area contributed by atoms with Crippen LogP contribution in [0.3, 0.4) is 0 Å². The molecular weight excluding hydrogens is 310 g/mol. The molecule has 1 nitrogen and oxygen atoms in total. The van der Waals surface area contributed by atoms with Gasteiger partial charge in [0.15, 0.2) is 0 Å². The summed E-state index contributed by atoms with van der Waals surface area (Å²) in [5.74, 6) is 0. The van der Waals surface area contributed by atoms with Gasteiger partial charge in [-0.15, -0.1) is 0 Å². The van der Waals surface area contributed by atoms with Crippen molar-refractivity contribution in [2.24, 2.45) is 0 Å². The number of hydrogen-bond acceptors (Lipinski definition) is 1. The largest absolute Gasteiger partial charge is 0.304 e. The van der Waals surface area contributed by atoms with E-state index in [1.807, 2.05) is 0 Å². The van der Waals surface area contributed by atoms with Crippen molar-refractivity contribution < 1.29 is 0 Å². The molecule has 0 spiro atoms. The molecule has 0 bridgehead atoms. The molecular formula is C18H26BrN. The maximum Gasteiger partial charge on any atom is 0.00720 e. The molecule has 0 aromatic heterocycles. The lowest BCUT2D eigenvalue weighted by Crippen LogP contribution is -2.21. The topological polar surface area (TPSA) is 3.24 Å². The van der Waals surface area contributed by atoms with Gasteiger partial charge in [0.1, 0.15) is 0 Å². The van der Waals surface area contributed by atoms with Crippen molar-refractivity contribution in [3.63, 3.8) is 0 Å². The summed E-state index contributed by atoms with van der Waals surface area (Å²) in [6.45, 7) is 10.1. The minimum absolute atomic E-state index is 1.03. The molecule has 0 unspecified atom stereocenters. The monoisotopic (exact) mass is 335 g/mol. The average Bonchev–Trinajstić information content (AvgIpc) is 2.50. The number of alkyl halides is 1. The van der Waals surface area contributed by atoms with E-state index in [1.165, 1.54) is 36.0 Å². The maximum atomic E-state index is 3.47. The zero-order valence-electron chi connectivity index (χ0n) is 12.9. The fraction of sp³-hybridized carbons (Fsp3) is 0.444. The summed E-state index contributed by atoms with van der Waals surface area (Å²) in [7, 11) is 0. The molecule has 0 aliphatic carbocycles. The smallest absolute Gasteiger partial charge is 0.00720 e. The summed E-state index contributed by atoms with van der Waals surface area (Å²) in [5.41, 5.74) is 1.43. The van der Waals surface area contributed by atoms with Crippen LogP contribution in [0.15, 0.2) is 42.5 Å². The van der Waals surface area contributed by atoms with E-state index in [0.717, 1.165) is 11.8 Å². The maximum absolute atomic E-state index is 3.47. The molecule has 0 saturated heterocycles. The molecule has 0 aliphatic heterocycles. The van der Waals surface area contributed by atoms with Crippen LogP contribution < -0.4 is 0 Å². The standard InChI is InChI=1S/C12H11Br.C6H15N/c13-9-8-11-6-3-5-10-4-1-2-7-12(10)11;1-4-7(5-2)6-3/h1-7H,8-9H2;4-6H2,1-3H3. The van der Waals surface area contributed by atoms with E-state index in [0.29, 0.717) is 0 Å². The quantitative estimate of drug-likeness (QED) is 0.685. The predicted octanol–water partition coefficient (Wildman–Crippen LogP) is 5.13. The first-order chi connectivity index (χ1) is 9.76. The summed E-state index contributed by atoms with van der Waals surface area (Å²) < 4.78 is 0. The highest BCUT2D eigenvalue weighted by Gasteiger charge is 1.97. The molecule has 0 aliphatic rings. The molecule has 2 aromatic carbocycles. The Kier molecular flexibility index (Phi) is 8.56. The van der Waals surface area contributed by atoms with Crippen molar-refractivity contribution in [3.8, 4) is 0 Å². The SMILES string of the molecule is BrCCc1cccc2ccccc12.CCN(CC)CC. The van der Waals surface area contributed by atoms with E-state index < -0.39 is 0 Å². The van der Waals surface area contributed by atoms with Crippen molar-refractivity contribution in [1.82, 2.24) is 4.90 Å². The van der Waals surface area contributed by atoms with Crippen LogP contribution in [0, 0.1) is 0 Å². The third-order valence-corrected chi connectivity index (χ3v) is 3.98. The Morgan fingerprint density at radius 3 is 2.00 bits per heavy atom. The first kappa shape index (κ1) is 17.2. The highest BCUT2D eigenvalue weighted by atomic mass is 79.9. The highest BCUT2D eigenvalue weighted by Crippen LogP contribution is 2.19. The van der Waals surface area contributed by atoms with E-state index in [4.69, 9.17) is 0 Å². The molecule has 2 heteroatoms. The van der Waals surface area contributed by atoms with Crippen molar-refractivity contribution in [3.05, 3.63) is 48.0 Å². The van der Waals surface area contributed by atoms with Crippen LogP contribution in [0.1, 0.15) is 26.3 Å². The second-order valence-electron chi connectivity index (χ2n) is 4.70. The molecule has 2 aromatic rings. The van der Waals surface area contributed by atoms with Crippen molar-refractivity contribution in [1.29, 1.82) is 0 Å². The van der Waals surface area contributed by atoms with Gasteiger partial charge in [0, 0.05) is 5.33 Å². The van der Waals surface area contributed by atoms with Gasteiger partial charge >= 0.3 is 0 Å². The number of nitrogens with zero attached hydrogens (tertiary/aromatic N) is 1. The zero-order valence-corrected chi connectivity index (χ0v) is 14.5. The summed E-state index contributed by atoms with van der Waals surface area (Å²) in [6.07, 6.45) is 1.10. The Balaban J connectivity index is 0.000000246. The Morgan fingerprint density at radius 2 is 1.45 bits per heavy atom. The van der Waals surface area contributed by atoms with Gasteiger partial charge in [0.2, 0.25) is 0 Å². The lowest BCUT2D eigenvalue weighted by atomic mass is 10.0. The Labute approximate surface area is 132 Å². The van der Waals surface area contributed by atoms with Crippen LogP contribution >= 0.6 is 15.9 Å². The van der Waals surface area contributed by atoms with Gasteiger partial charge in [-0.25, -0.2) is 0 Å². The molecule has 110 valence electrons. The van der Waals surface area contributed by atoms with Crippen molar-refractivity contribution in [2.45, 2.75) is 27.2 Å². The molecule has 0 radical (unpaired) electrons. The zero-order chi connectivity index (χ0) is 14.8. The first-order valence-corrected chi connectivity index (χ1v) is 8.63. The van der Waals surface area contributed by atoms with Crippen LogP contribution in [0.25, 0.3) is 10.8 Å². The third kappa shape index (κ3) is 5.26. The van der Waals surface area contributed by atoms with Gasteiger partial charge in [0.25, 0.3) is 0 Å². The lowest BCUT2D eigenvalue weighted by molar-refractivity contribution is 0.321. The van der Waals surface area contributed by atoms with Crippen LogP contribution in [-0.4, -0.2) is 29.9 Å². The third-order valence-electron chi connectivity index (χ3n) is 3.59. The van der Waals surface area contributed by atoms with Crippen molar-refractivity contribution in [2.75, 3.05) is 25.0 Å². The van der Waals surface area contributed by atoms with Gasteiger partial charge in [-0.1, -0.05) is 79.2 Å². The fourth-order valence-electron chi connectivity index (χ4n) is 2.28.